The molecule has 3 rings (SSSR count). The van der Waals surface area contributed by atoms with Crippen LogP contribution < -0.4 is 14.5 Å². The number of thioether (sulfide) groups is 1. The summed E-state index contributed by atoms with van der Waals surface area (Å²) in [6.45, 7) is 8.81. The Morgan fingerprint density at radius 3 is 2.59 bits per heavy atom. The zero-order chi connectivity index (χ0) is 20.8. The summed E-state index contributed by atoms with van der Waals surface area (Å²) in [4.78, 5) is 29.2. The molecule has 7 nitrogen and oxygen atoms in total. The average Bonchev–Trinajstić information content (AvgIpc) is 2.75. The van der Waals surface area contributed by atoms with Gasteiger partial charge in [-0.25, -0.2) is 0 Å². The van der Waals surface area contributed by atoms with Crippen LogP contribution in [0.4, 0.5) is 0 Å². The van der Waals surface area contributed by atoms with Crippen LogP contribution in [0.3, 0.4) is 0 Å². The summed E-state index contributed by atoms with van der Waals surface area (Å²) in [6, 6.07) is 6.33. The number of hydrogen-bond acceptors (Lipinski definition) is 5. The number of ether oxygens (including phenoxy) is 2. The molecule has 0 saturated carbocycles. The molecule has 1 aromatic rings. The summed E-state index contributed by atoms with van der Waals surface area (Å²) >= 11 is 1.58. The second kappa shape index (κ2) is 10.3. The molecule has 8 heteroatoms. The summed E-state index contributed by atoms with van der Waals surface area (Å²) < 4.78 is 10.4. The highest BCUT2D eigenvalue weighted by Gasteiger charge is 2.32. The van der Waals surface area contributed by atoms with Crippen LogP contribution in [0.5, 0.6) is 5.75 Å². The largest absolute Gasteiger partial charge is 0.496 e. The molecule has 0 spiro atoms. The number of hydrogen-bond donors (Lipinski definition) is 2. The van der Waals surface area contributed by atoms with Crippen molar-refractivity contribution < 1.29 is 28.9 Å². The molecule has 0 radical (unpaired) electrons. The van der Waals surface area contributed by atoms with Crippen molar-refractivity contribution in [2.45, 2.75) is 18.7 Å². The molecular weight excluding hydrogens is 390 g/mol. The highest BCUT2D eigenvalue weighted by Crippen LogP contribution is 2.20. The first-order chi connectivity index (χ1) is 14.0. The Bertz CT molecular complexity index is 722. The Morgan fingerprint density at radius 2 is 1.90 bits per heavy atom. The van der Waals surface area contributed by atoms with Crippen molar-refractivity contribution in [2.75, 3.05) is 65.8 Å². The number of amides is 1. The van der Waals surface area contributed by atoms with Crippen LogP contribution in [0.2, 0.25) is 0 Å². The average molecular weight is 424 g/mol. The third kappa shape index (κ3) is 5.87. The summed E-state index contributed by atoms with van der Waals surface area (Å²) in [5.74, 6) is 1.66. The van der Waals surface area contributed by atoms with Gasteiger partial charge in [0.2, 0.25) is 0 Å². The van der Waals surface area contributed by atoms with Gasteiger partial charge in [0.1, 0.15) is 43.7 Å². The summed E-state index contributed by atoms with van der Waals surface area (Å²) in [6.07, 6.45) is 0. The Kier molecular flexibility index (Phi) is 7.80. The first-order valence-electron chi connectivity index (χ1n) is 10.3. The lowest BCUT2D eigenvalue weighted by atomic mass is 10.1. The van der Waals surface area contributed by atoms with Crippen molar-refractivity contribution in [3.63, 3.8) is 0 Å². The first-order valence-corrected chi connectivity index (χ1v) is 11.3. The number of esters is 1. The van der Waals surface area contributed by atoms with Gasteiger partial charge in [0.15, 0.2) is 6.54 Å². The highest BCUT2D eigenvalue weighted by molar-refractivity contribution is 8.00. The number of quaternary nitrogens is 2. The Morgan fingerprint density at radius 1 is 1.17 bits per heavy atom. The van der Waals surface area contributed by atoms with Crippen LogP contribution in [0.1, 0.15) is 11.1 Å². The molecule has 0 aromatic heterocycles. The van der Waals surface area contributed by atoms with Gasteiger partial charge in [0.25, 0.3) is 5.91 Å². The fourth-order valence-corrected chi connectivity index (χ4v) is 5.23. The zero-order valence-corrected chi connectivity index (χ0v) is 18.5. The molecule has 160 valence electrons. The van der Waals surface area contributed by atoms with Gasteiger partial charge in [-0.1, -0.05) is 11.6 Å². The smallest absolute Gasteiger partial charge is 0.320 e. The minimum atomic E-state index is -0.252. The quantitative estimate of drug-likeness (QED) is 0.540. The van der Waals surface area contributed by atoms with Gasteiger partial charge in [0.05, 0.1) is 14.2 Å². The molecule has 2 aliphatic rings. The number of carbonyl (C=O) groups is 2. The van der Waals surface area contributed by atoms with E-state index in [9.17, 15) is 9.59 Å². The second-order valence-corrected chi connectivity index (χ2v) is 9.20. The predicted octanol–water partition coefficient (Wildman–Crippen LogP) is -1.60. The molecule has 1 aromatic carbocycles. The van der Waals surface area contributed by atoms with Crippen LogP contribution in [-0.4, -0.2) is 87.8 Å². The number of benzene rings is 1. The van der Waals surface area contributed by atoms with Crippen molar-refractivity contribution >= 4 is 23.6 Å². The van der Waals surface area contributed by atoms with Crippen LogP contribution >= 0.6 is 11.8 Å². The molecule has 2 N–H and O–H groups in total. The Labute approximate surface area is 177 Å². The van der Waals surface area contributed by atoms with Crippen LogP contribution in [0.15, 0.2) is 18.2 Å². The van der Waals surface area contributed by atoms with Crippen LogP contribution in [-0.2, 0) is 20.9 Å². The predicted molar refractivity (Wildman–Crippen MR) is 113 cm³/mol. The standard InChI is InChI=1S/C21H31N3O4S/c1-16-4-5-18(27-2)17(12-16)13-22-6-8-23(9-7-22)15-20(25)24-10-11-29-19(14-24)21(26)28-3/h4-5,12,19H,6-11,13-15H2,1-3H3/p+2/t19-/m0/s1. The molecular formula is C21H33N3O4S+2. The van der Waals surface area contributed by atoms with E-state index < -0.39 is 0 Å². The maximum Gasteiger partial charge on any atom is 0.320 e. The van der Waals surface area contributed by atoms with Crippen molar-refractivity contribution in [3.05, 3.63) is 29.3 Å². The molecule has 2 fully saturated rings. The number of nitrogens with zero attached hydrogens (tertiary/aromatic N) is 1. The summed E-state index contributed by atoms with van der Waals surface area (Å²) in [5.41, 5.74) is 2.50. The van der Waals surface area contributed by atoms with E-state index in [4.69, 9.17) is 9.47 Å². The van der Waals surface area contributed by atoms with E-state index in [0.29, 0.717) is 13.1 Å². The van der Waals surface area contributed by atoms with Gasteiger partial charge in [-0.2, -0.15) is 0 Å². The van der Waals surface area contributed by atoms with E-state index in [1.807, 2.05) is 11.0 Å². The molecule has 1 amide bonds. The summed E-state index contributed by atoms with van der Waals surface area (Å²) in [7, 11) is 3.13. The lowest BCUT2D eigenvalue weighted by Gasteiger charge is -2.33. The number of aryl methyl sites for hydroxylation is 1. The molecule has 29 heavy (non-hydrogen) atoms. The fourth-order valence-electron chi connectivity index (χ4n) is 4.10. The third-order valence-corrected chi connectivity index (χ3v) is 6.99. The van der Waals surface area contributed by atoms with Crippen molar-refractivity contribution in [2.24, 2.45) is 0 Å². The number of carbonyl (C=O) groups excluding carboxylic acids is 2. The molecule has 0 aliphatic carbocycles. The molecule has 0 bridgehead atoms. The Balaban J connectivity index is 1.47. The number of methoxy groups -OCH3 is 2. The van der Waals surface area contributed by atoms with Crippen molar-refractivity contribution in [1.82, 2.24) is 4.90 Å². The number of rotatable bonds is 6. The summed E-state index contributed by atoms with van der Waals surface area (Å²) in [5, 5.41) is -0.252. The van der Waals surface area contributed by atoms with Gasteiger partial charge in [-0.3, -0.25) is 9.59 Å². The zero-order valence-electron chi connectivity index (χ0n) is 17.7. The van der Waals surface area contributed by atoms with Crippen molar-refractivity contribution in [3.8, 4) is 5.75 Å². The van der Waals surface area contributed by atoms with Gasteiger partial charge in [-0.15, -0.1) is 11.8 Å². The minimum absolute atomic E-state index is 0.151. The SMILES string of the molecule is COC(=O)[C@@H]1CN(C(=O)C[NH+]2CC[NH+](Cc3cc(C)ccc3OC)CC2)CCS1. The lowest BCUT2D eigenvalue weighted by Crippen LogP contribution is -3.28. The van der Waals surface area contributed by atoms with E-state index in [2.05, 4.69) is 19.1 Å². The topological polar surface area (TPSA) is 64.7 Å². The Hall–Kier alpha value is -1.77. The monoisotopic (exact) mass is 423 g/mol. The normalized spacial score (nSPS) is 24.8. The number of piperazine rings is 1. The van der Waals surface area contributed by atoms with E-state index in [-0.39, 0.29) is 17.1 Å². The molecule has 2 heterocycles. The molecule has 0 unspecified atom stereocenters. The van der Waals surface area contributed by atoms with E-state index >= 15 is 0 Å². The lowest BCUT2D eigenvalue weighted by molar-refractivity contribution is -1.02. The van der Waals surface area contributed by atoms with Crippen molar-refractivity contribution in [1.29, 1.82) is 0 Å². The van der Waals surface area contributed by atoms with E-state index in [1.165, 1.54) is 28.0 Å². The highest BCUT2D eigenvalue weighted by atomic mass is 32.2. The maximum absolute atomic E-state index is 12.7. The second-order valence-electron chi connectivity index (χ2n) is 7.89. The molecule has 2 saturated heterocycles. The van der Waals surface area contributed by atoms with Crippen LogP contribution in [0, 0.1) is 6.92 Å². The van der Waals surface area contributed by atoms with E-state index in [0.717, 1.165) is 50.8 Å². The third-order valence-electron chi connectivity index (χ3n) is 5.83. The van der Waals surface area contributed by atoms with Gasteiger partial charge in [0, 0.05) is 24.4 Å². The number of nitrogens with one attached hydrogen (secondary N) is 2. The maximum atomic E-state index is 12.7. The van der Waals surface area contributed by atoms with Gasteiger partial charge >= 0.3 is 5.97 Å². The van der Waals surface area contributed by atoms with Gasteiger partial charge in [-0.05, 0) is 19.1 Å². The van der Waals surface area contributed by atoms with Crippen LogP contribution in [0.25, 0.3) is 0 Å². The first kappa shape index (κ1) is 21.9. The molecule has 1 atom stereocenters. The molecule has 2 aliphatic heterocycles. The fraction of sp³-hybridized carbons (Fsp3) is 0.619. The van der Waals surface area contributed by atoms with E-state index in [1.54, 1.807) is 18.9 Å². The minimum Gasteiger partial charge on any atom is -0.496 e. The van der Waals surface area contributed by atoms with Gasteiger partial charge < -0.3 is 24.2 Å².